The number of carbonyl (C=O) groups is 1. The van der Waals surface area contributed by atoms with Gasteiger partial charge in [-0.3, -0.25) is 4.79 Å². The lowest BCUT2D eigenvalue weighted by atomic mass is 9.61. The van der Waals surface area contributed by atoms with E-state index in [1.54, 1.807) is 11.3 Å². The van der Waals surface area contributed by atoms with Gasteiger partial charge in [-0.2, -0.15) is 0 Å². The quantitative estimate of drug-likeness (QED) is 0.746. The summed E-state index contributed by atoms with van der Waals surface area (Å²) < 4.78 is 0. The second-order valence-corrected chi connectivity index (χ2v) is 6.33. The highest BCUT2D eigenvalue weighted by Gasteiger charge is 2.45. The number of hydrogen-bond donors (Lipinski definition) is 0. The second kappa shape index (κ2) is 4.36. The number of thiophene rings is 1. The molecule has 0 saturated heterocycles. The zero-order valence-electron chi connectivity index (χ0n) is 10.5. The summed E-state index contributed by atoms with van der Waals surface area (Å²) >= 11 is 1.62. The summed E-state index contributed by atoms with van der Waals surface area (Å²) in [7, 11) is 0. The molecule has 0 bridgehead atoms. The highest BCUT2D eigenvalue weighted by Crippen LogP contribution is 2.46. The summed E-state index contributed by atoms with van der Waals surface area (Å²) in [6, 6.07) is 14.3. The summed E-state index contributed by atoms with van der Waals surface area (Å²) in [6.07, 6.45) is 3.14. The van der Waals surface area contributed by atoms with Crippen LogP contribution in [0.15, 0.2) is 42.5 Å². The van der Waals surface area contributed by atoms with E-state index in [0.717, 1.165) is 24.1 Å². The smallest absolute Gasteiger partial charge is 0.183 e. The van der Waals surface area contributed by atoms with Crippen LogP contribution >= 0.6 is 11.3 Å². The number of benzene rings is 1. The Labute approximate surface area is 111 Å². The van der Waals surface area contributed by atoms with Gasteiger partial charge in [0, 0.05) is 4.88 Å². The Morgan fingerprint density at radius 3 is 2.33 bits per heavy atom. The molecule has 1 heterocycles. The van der Waals surface area contributed by atoms with Gasteiger partial charge in [-0.15, -0.1) is 11.3 Å². The fraction of sp³-hybridized carbons (Fsp3) is 0.312. The van der Waals surface area contributed by atoms with E-state index in [-0.39, 0.29) is 5.41 Å². The SMILES string of the molecule is Cc1ccc(C(=O)C2(c3ccccc3)CCC2)s1. The highest BCUT2D eigenvalue weighted by molar-refractivity contribution is 7.14. The van der Waals surface area contributed by atoms with E-state index in [4.69, 9.17) is 0 Å². The first-order valence-corrected chi connectivity index (χ1v) is 7.21. The molecule has 1 aromatic heterocycles. The van der Waals surface area contributed by atoms with Crippen molar-refractivity contribution < 1.29 is 4.79 Å². The monoisotopic (exact) mass is 256 g/mol. The third-order valence-corrected chi connectivity index (χ3v) is 4.93. The van der Waals surface area contributed by atoms with Crippen molar-refractivity contribution in [3.05, 3.63) is 57.8 Å². The van der Waals surface area contributed by atoms with Gasteiger partial charge in [0.1, 0.15) is 0 Å². The van der Waals surface area contributed by atoms with Gasteiger partial charge < -0.3 is 0 Å². The van der Waals surface area contributed by atoms with Crippen LogP contribution in [-0.4, -0.2) is 5.78 Å². The molecule has 2 aromatic rings. The van der Waals surface area contributed by atoms with Crippen LogP contribution in [0.2, 0.25) is 0 Å². The lowest BCUT2D eigenvalue weighted by Crippen LogP contribution is -2.42. The van der Waals surface area contributed by atoms with Crippen LogP contribution in [0.4, 0.5) is 0 Å². The minimum atomic E-state index is -0.238. The summed E-state index contributed by atoms with van der Waals surface area (Å²) in [5, 5.41) is 0. The minimum Gasteiger partial charge on any atom is -0.292 e. The fourth-order valence-corrected chi connectivity index (χ4v) is 3.63. The number of rotatable bonds is 3. The summed E-state index contributed by atoms with van der Waals surface area (Å²) in [6.45, 7) is 2.05. The van der Waals surface area contributed by atoms with Crippen LogP contribution < -0.4 is 0 Å². The summed E-state index contributed by atoms with van der Waals surface area (Å²) in [5.41, 5.74) is 0.950. The number of carbonyl (C=O) groups excluding carboxylic acids is 1. The van der Waals surface area contributed by atoms with Crippen molar-refractivity contribution in [3.63, 3.8) is 0 Å². The average Bonchev–Trinajstić information content (AvgIpc) is 2.76. The molecule has 0 amide bonds. The lowest BCUT2D eigenvalue weighted by molar-refractivity contribution is 0.0793. The maximum Gasteiger partial charge on any atom is 0.183 e. The second-order valence-electron chi connectivity index (χ2n) is 5.04. The molecule has 0 spiro atoms. The van der Waals surface area contributed by atoms with Crippen LogP contribution in [0.25, 0.3) is 0 Å². The van der Waals surface area contributed by atoms with E-state index in [0.29, 0.717) is 5.78 Å². The maximum atomic E-state index is 12.8. The molecule has 0 radical (unpaired) electrons. The molecule has 1 nitrogen and oxygen atoms in total. The molecule has 18 heavy (non-hydrogen) atoms. The standard InChI is InChI=1S/C16H16OS/c1-12-8-9-14(18-12)15(17)16(10-5-11-16)13-6-3-2-4-7-13/h2-4,6-9H,5,10-11H2,1H3. The van der Waals surface area contributed by atoms with Crippen LogP contribution in [0.3, 0.4) is 0 Å². The molecule has 1 aliphatic carbocycles. The number of hydrogen-bond acceptors (Lipinski definition) is 2. The van der Waals surface area contributed by atoms with Crippen LogP contribution in [0.5, 0.6) is 0 Å². The Morgan fingerprint density at radius 1 is 1.11 bits per heavy atom. The zero-order chi connectivity index (χ0) is 12.6. The van der Waals surface area contributed by atoms with Crippen molar-refractivity contribution in [1.29, 1.82) is 0 Å². The molecule has 0 atom stereocenters. The molecule has 1 saturated carbocycles. The van der Waals surface area contributed by atoms with Crippen molar-refractivity contribution in [3.8, 4) is 0 Å². The van der Waals surface area contributed by atoms with Gasteiger partial charge in [-0.25, -0.2) is 0 Å². The van der Waals surface area contributed by atoms with E-state index in [2.05, 4.69) is 19.1 Å². The number of Topliss-reactive ketones (excluding diaryl/α,β-unsaturated/α-hetero) is 1. The first-order valence-electron chi connectivity index (χ1n) is 6.39. The predicted octanol–water partition coefficient (Wildman–Crippen LogP) is 4.36. The highest BCUT2D eigenvalue weighted by atomic mass is 32.1. The predicted molar refractivity (Wildman–Crippen MR) is 75.4 cm³/mol. The van der Waals surface area contributed by atoms with E-state index in [1.807, 2.05) is 30.3 Å². The Hall–Kier alpha value is -1.41. The van der Waals surface area contributed by atoms with Crippen molar-refractivity contribution >= 4 is 17.1 Å². The first kappa shape index (κ1) is 11.7. The molecule has 1 aliphatic rings. The molecule has 1 fully saturated rings. The van der Waals surface area contributed by atoms with Gasteiger partial charge in [0.15, 0.2) is 5.78 Å². The maximum absolute atomic E-state index is 12.8. The van der Waals surface area contributed by atoms with Gasteiger partial charge in [0.25, 0.3) is 0 Å². The van der Waals surface area contributed by atoms with Crippen LogP contribution in [-0.2, 0) is 5.41 Å². The molecular formula is C16H16OS. The Balaban J connectivity index is 2.00. The van der Waals surface area contributed by atoms with E-state index in [9.17, 15) is 4.79 Å². The Bertz CT molecular complexity index is 564. The van der Waals surface area contributed by atoms with Crippen molar-refractivity contribution in [1.82, 2.24) is 0 Å². The van der Waals surface area contributed by atoms with Gasteiger partial charge >= 0.3 is 0 Å². The van der Waals surface area contributed by atoms with Gasteiger partial charge in [-0.05, 0) is 37.5 Å². The molecule has 0 unspecified atom stereocenters. The molecule has 0 N–H and O–H groups in total. The van der Waals surface area contributed by atoms with Crippen molar-refractivity contribution in [2.45, 2.75) is 31.6 Å². The number of ketones is 1. The number of aryl methyl sites for hydroxylation is 1. The van der Waals surface area contributed by atoms with Gasteiger partial charge in [0.05, 0.1) is 10.3 Å². The van der Waals surface area contributed by atoms with Gasteiger partial charge in [0.2, 0.25) is 0 Å². The molecule has 0 aliphatic heterocycles. The van der Waals surface area contributed by atoms with Crippen molar-refractivity contribution in [2.24, 2.45) is 0 Å². The van der Waals surface area contributed by atoms with Crippen LogP contribution in [0.1, 0.15) is 39.4 Å². The normalized spacial score (nSPS) is 17.2. The fourth-order valence-electron chi connectivity index (χ4n) is 2.73. The van der Waals surface area contributed by atoms with E-state index >= 15 is 0 Å². The van der Waals surface area contributed by atoms with Crippen LogP contribution in [0, 0.1) is 6.92 Å². The van der Waals surface area contributed by atoms with Gasteiger partial charge in [-0.1, -0.05) is 36.8 Å². The van der Waals surface area contributed by atoms with Crippen molar-refractivity contribution in [2.75, 3.05) is 0 Å². The molecule has 1 aromatic carbocycles. The zero-order valence-corrected chi connectivity index (χ0v) is 11.3. The van der Waals surface area contributed by atoms with E-state index < -0.39 is 0 Å². The third kappa shape index (κ3) is 1.72. The summed E-state index contributed by atoms with van der Waals surface area (Å²) in [5.74, 6) is 0.318. The molecule has 3 rings (SSSR count). The van der Waals surface area contributed by atoms with E-state index in [1.165, 1.54) is 10.4 Å². The molecular weight excluding hydrogens is 240 g/mol. The average molecular weight is 256 g/mol. The minimum absolute atomic E-state index is 0.238. The molecule has 92 valence electrons. The topological polar surface area (TPSA) is 17.1 Å². The third-order valence-electron chi connectivity index (χ3n) is 3.93. The largest absolute Gasteiger partial charge is 0.292 e. The summed E-state index contributed by atoms with van der Waals surface area (Å²) in [4.78, 5) is 14.9. The Morgan fingerprint density at radius 2 is 1.83 bits per heavy atom. The Kier molecular flexibility index (Phi) is 2.83. The molecule has 2 heteroatoms. The lowest BCUT2D eigenvalue weighted by Gasteiger charge is -2.40. The first-order chi connectivity index (χ1) is 8.72.